The van der Waals surface area contributed by atoms with Crippen LogP contribution < -0.4 is 11.1 Å². The zero-order chi connectivity index (χ0) is 26.7. The third kappa shape index (κ3) is 6.00. The molecular weight excluding hydrogens is 476 g/mol. The van der Waals surface area contributed by atoms with Crippen molar-refractivity contribution < 1.29 is 23.9 Å². The highest BCUT2D eigenvalue weighted by Crippen LogP contribution is 2.25. The summed E-state index contributed by atoms with van der Waals surface area (Å²) in [5.41, 5.74) is 6.99. The molecule has 1 aromatic carbocycles. The number of fused-ring (bicyclic) bond motifs is 1. The van der Waals surface area contributed by atoms with Crippen molar-refractivity contribution >= 4 is 23.7 Å². The summed E-state index contributed by atoms with van der Waals surface area (Å²) in [5.74, 6) is -2.40. The largest absolute Gasteiger partial charge is 0.444 e. The van der Waals surface area contributed by atoms with Crippen LogP contribution in [0.3, 0.4) is 0 Å². The van der Waals surface area contributed by atoms with Gasteiger partial charge in [-0.15, -0.1) is 0 Å². The van der Waals surface area contributed by atoms with Crippen LogP contribution in [0.5, 0.6) is 0 Å². The Balaban J connectivity index is 1.54. The summed E-state index contributed by atoms with van der Waals surface area (Å²) in [7, 11) is 0. The van der Waals surface area contributed by atoms with Gasteiger partial charge in [-0.2, -0.15) is 5.10 Å². The van der Waals surface area contributed by atoms with Gasteiger partial charge >= 0.3 is 6.09 Å². The van der Waals surface area contributed by atoms with Gasteiger partial charge in [-0.05, 0) is 38.5 Å². The normalized spacial score (nSPS) is 13.5. The van der Waals surface area contributed by atoms with Gasteiger partial charge in [0.2, 0.25) is 5.78 Å². The summed E-state index contributed by atoms with van der Waals surface area (Å²) in [6.45, 7) is 5.98. The minimum Gasteiger partial charge on any atom is -0.444 e. The molecule has 0 spiro atoms. The van der Waals surface area contributed by atoms with Crippen LogP contribution in [0.15, 0.2) is 54.9 Å². The molecular formula is C26H28N6O5. The maximum Gasteiger partial charge on any atom is 0.410 e. The fraction of sp³-hybridized carbons (Fsp3) is 0.308. The van der Waals surface area contributed by atoms with Crippen LogP contribution in [-0.4, -0.2) is 55.0 Å². The van der Waals surface area contributed by atoms with E-state index < -0.39 is 35.3 Å². The molecule has 0 saturated carbocycles. The Hall–Kier alpha value is -4.54. The van der Waals surface area contributed by atoms with Crippen molar-refractivity contribution in [3.05, 3.63) is 77.2 Å². The zero-order valence-corrected chi connectivity index (χ0v) is 20.8. The molecule has 1 unspecified atom stereocenters. The predicted octanol–water partition coefficient (Wildman–Crippen LogP) is 1.91. The maximum atomic E-state index is 13.2. The number of amides is 3. The topological polar surface area (TPSA) is 150 Å². The summed E-state index contributed by atoms with van der Waals surface area (Å²) in [6, 6.07) is 11.0. The number of pyridine rings is 1. The number of nitrogens with zero attached hydrogens (tertiary/aromatic N) is 4. The Morgan fingerprint density at radius 2 is 1.81 bits per heavy atom. The van der Waals surface area contributed by atoms with Gasteiger partial charge in [-0.3, -0.25) is 19.3 Å². The second-order valence-electron chi connectivity index (χ2n) is 9.70. The van der Waals surface area contributed by atoms with Crippen molar-refractivity contribution in [1.29, 1.82) is 0 Å². The first-order valence-electron chi connectivity index (χ1n) is 11.7. The van der Waals surface area contributed by atoms with E-state index in [9.17, 15) is 19.2 Å². The van der Waals surface area contributed by atoms with Crippen LogP contribution in [0.1, 0.15) is 48.0 Å². The fourth-order valence-corrected chi connectivity index (χ4v) is 3.94. The van der Waals surface area contributed by atoms with E-state index in [-0.39, 0.29) is 24.3 Å². The molecule has 3 amide bonds. The maximum absolute atomic E-state index is 13.2. The molecule has 3 aromatic rings. The lowest BCUT2D eigenvalue weighted by Gasteiger charge is -2.24. The van der Waals surface area contributed by atoms with Crippen LogP contribution >= 0.6 is 0 Å². The van der Waals surface area contributed by atoms with Crippen molar-refractivity contribution in [1.82, 2.24) is 25.0 Å². The lowest BCUT2D eigenvalue weighted by atomic mass is 10.0. The Morgan fingerprint density at radius 1 is 1.08 bits per heavy atom. The number of carbonyl (C=O) groups excluding carboxylic acids is 4. The van der Waals surface area contributed by atoms with E-state index in [2.05, 4.69) is 15.4 Å². The first-order valence-corrected chi connectivity index (χ1v) is 11.7. The highest BCUT2D eigenvalue weighted by Gasteiger charge is 2.31. The van der Waals surface area contributed by atoms with Gasteiger partial charge in [-0.1, -0.05) is 30.3 Å². The molecule has 11 nitrogen and oxygen atoms in total. The second kappa shape index (κ2) is 10.2. The number of hydrogen-bond acceptors (Lipinski definition) is 7. The number of Topliss-reactive ketones (excluding diaryl/α,β-unsaturated/α-hetero) is 1. The molecule has 2 aromatic heterocycles. The number of carbonyl (C=O) groups is 4. The van der Waals surface area contributed by atoms with E-state index in [0.29, 0.717) is 12.2 Å². The molecule has 0 fully saturated rings. The van der Waals surface area contributed by atoms with Crippen molar-refractivity contribution in [3.8, 4) is 5.82 Å². The van der Waals surface area contributed by atoms with Crippen LogP contribution in [0.4, 0.5) is 4.79 Å². The molecule has 11 heteroatoms. The van der Waals surface area contributed by atoms with Crippen molar-refractivity contribution in [2.45, 2.75) is 51.9 Å². The van der Waals surface area contributed by atoms with E-state index in [0.717, 1.165) is 11.1 Å². The zero-order valence-electron chi connectivity index (χ0n) is 20.8. The van der Waals surface area contributed by atoms with Crippen LogP contribution in [0.25, 0.3) is 5.82 Å². The smallest absolute Gasteiger partial charge is 0.410 e. The quantitative estimate of drug-likeness (QED) is 0.467. The number of hydrogen-bond donors (Lipinski definition) is 2. The average molecular weight is 505 g/mol. The highest BCUT2D eigenvalue weighted by molar-refractivity contribution is 6.38. The van der Waals surface area contributed by atoms with Gasteiger partial charge in [0.15, 0.2) is 5.82 Å². The van der Waals surface area contributed by atoms with Crippen molar-refractivity contribution in [3.63, 3.8) is 0 Å². The van der Waals surface area contributed by atoms with Crippen LogP contribution in [-0.2, 0) is 33.8 Å². The van der Waals surface area contributed by atoms with Crippen molar-refractivity contribution in [2.24, 2.45) is 5.73 Å². The van der Waals surface area contributed by atoms with Gasteiger partial charge in [0, 0.05) is 24.4 Å². The predicted molar refractivity (Wildman–Crippen MR) is 132 cm³/mol. The molecule has 4 rings (SSSR count). The minimum absolute atomic E-state index is 0.0977. The second-order valence-corrected chi connectivity index (χ2v) is 9.70. The number of ketones is 1. The number of aromatic nitrogens is 3. The Bertz CT molecular complexity index is 1320. The molecule has 0 saturated heterocycles. The Kier molecular flexibility index (Phi) is 7.05. The third-order valence-corrected chi connectivity index (χ3v) is 5.63. The highest BCUT2D eigenvalue weighted by atomic mass is 16.6. The van der Waals surface area contributed by atoms with Crippen molar-refractivity contribution in [2.75, 3.05) is 0 Å². The summed E-state index contributed by atoms with van der Waals surface area (Å²) >= 11 is 0. The molecule has 0 radical (unpaired) electrons. The monoisotopic (exact) mass is 504 g/mol. The molecule has 0 bridgehead atoms. The molecule has 3 N–H and O–H groups in total. The Labute approximate surface area is 213 Å². The third-order valence-electron chi connectivity index (χ3n) is 5.63. The number of primary amides is 1. The van der Waals surface area contributed by atoms with Crippen LogP contribution in [0, 0.1) is 0 Å². The van der Waals surface area contributed by atoms with Gasteiger partial charge in [0.05, 0.1) is 24.3 Å². The van der Waals surface area contributed by atoms with E-state index in [4.69, 9.17) is 10.5 Å². The SMILES string of the molecule is CC(C)(C)OC(=O)N1Cc2cn(-c3ncccc3C(=O)NC(Cc3ccccc3)C(=O)C(N)=O)nc2C1. The van der Waals surface area contributed by atoms with Gasteiger partial charge in [0.1, 0.15) is 11.6 Å². The summed E-state index contributed by atoms with van der Waals surface area (Å²) in [6.07, 6.45) is 2.88. The molecule has 1 aliphatic rings. The van der Waals surface area contributed by atoms with E-state index in [1.54, 1.807) is 68.3 Å². The number of ether oxygens (including phenoxy) is 1. The molecule has 1 atom stereocenters. The fourth-order valence-electron chi connectivity index (χ4n) is 3.94. The summed E-state index contributed by atoms with van der Waals surface area (Å²) in [4.78, 5) is 55.6. The molecule has 192 valence electrons. The van der Waals surface area contributed by atoms with Gasteiger partial charge in [-0.25, -0.2) is 14.5 Å². The first-order chi connectivity index (χ1) is 17.5. The average Bonchev–Trinajstić information content (AvgIpc) is 3.42. The number of benzene rings is 1. The lowest BCUT2D eigenvalue weighted by Crippen LogP contribution is -2.47. The lowest BCUT2D eigenvalue weighted by molar-refractivity contribution is -0.137. The van der Waals surface area contributed by atoms with Gasteiger partial charge < -0.3 is 15.8 Å². The standard InChI is InChI=1S/C26H28N6O5/c1-26(2,3)37-25(36)31-13-17-14-32(30-20(17)15-31)23-18(10-7-11-28-23)24(35)29-19(21(33)22(27)34)12-16-8-5-4-6-9-16/h4-11,14,19H,12-13,15H2,1-3H3,(H2,27,34)(H,29,35). The van der Waals surface area contributed by atoms with Crippen LogP contribution in [0.2, 0.25) is 0 Å². The minimum atomic E-state index is -1.15. The molecule has 1 aliphatic heterocycles. The first kappa shape index (κ1) is 25.5. The Morgan fingerprint density at radius 3 is 2.46 bits per heavy atom. The van der Waals surface area contributed by atoms with E-state index in [1.807, 2.05) is 6.07 Å². The summed E-state index contributed by atoms with van der Waals surface area (Å²) < 4.78 is 6.90. The number of rotatable bonds is 7. The van der Waals surface area contributed by atoms with E-state index in [1.165, 1.54) is 10.9 Å². The van der Waals surface area contributed by atoms with E-state index >= 15 is 0 Å². The molecule has 0 aliphatic carbocycles. The molecule has 37 heavy (non-hydrogen) atoms. The summed E-state index contributed by atoms with van der Waals surface area (Å²) in [5, 5.41) is 7.15. The van der Waals surface area contributed by atoms with Gasteiger partial charge in [0.25, 0.3) is 11.8 Å². The number of nitrogens with one attached hydrogen (secondary N) is 1. The number of nitrogens with two attached hydrogens (primary N) is 1. The molecule has 3 heterocycles.